The quantitative estimate of drug-likeness (QED) is 0.420. The molecule has 1 aromatic carbocycles. The summed E-state index contributed by atoms with van der Waals surface area (Å²) < 4.78 is 15.5. The van der Waals surface area contributed by atoms with Gasteiger partial charge in [0.15, 0.2) is 17.8 Å². The van der Waals surface area contributed by atoms with Gasteiger partial charge in [0.1, 0.15) is 5.75 Å². The summed E-state index contributed by atoms with van der Waals surface area (Å²) in [6, 6.07) is 6.15. The number of imidazole rings is 1. The molecule has 0 saturated carbocycles. The number of aromatic nitrogens is 2. The Morgan fingerprint density at radius 2 is 1.71 bits per heavy atom. The minimum atomic E-state index is 0.598. The van der Waals surface area contributed by atoms with Gasteiger partial charge in [-0.05, 0) is 18.6 Å². The lowest BCUT2D eigenvalue weighted by Crippen LogP contribution is -2.25. The van der Waals surface area contributed by atoms with Gasteiger partial charge in [-0.15, -0.1) is 0 Å². The third-order valence-corrected chi connectivity index (χ3v) is 4.56. The Morgan fingerprint density at radius 1 is 1.00 bits per heavy atom. The molecule has 24 heavy (non-hydrogen) atoms. The van der Waals surface area contributed by atoms with Crippen molar-refractivity contribution in [3.63, 3.8) is 0 Å². The zero-order valence-corrected chi connectivity index (χ0v) is 15.6. The standard InChI is InChI=1S/C20H33N2O2/c1-4-5-6-7-8-9-10-11-14-24-17-22-16-21(2)19-13-12-18(23-3)15-20(19)22/h12-13,15-16H,4-11,14,17H2,1-3H3/q+1. The molecule has 0 saturated heterocycles. The van der Waals surface area contributed by atoms with Crippen molar-refractivity contribution in [1.82, 2.24) is 4.57 Å². The van der Waals surface area contributed by atoms with Crippen LogP contribution in [0.1, 0.15) is 58.3 Å². The highest BCUT2D eigenvalue weighted by atomic mass is 16.5. The number of rotatable bonds is 12. The van der Waals surface area contributed by atoms with Crippen LogP contribution in [0.4, 0.5) is 0 Å². The van der Waals surface area contributed by atoms with E-state index in [1.54, 1.807) is 7.11 Å². The van der Waals surface area contributed by atoms with Crippen LogP contribution in [-0.4, -0.2) is 18.3 Å². The van der Waals surface area contributed by atoms with Gasteiger partial charge in [0.25, 0.3) is 0 Å². The zero-order valence-electron chi connectivity index (χ0n) is 15.6. The van der Waals surface area contributed by atoms with E-state index in [9.17, 15) is 0 Å². The molecule has 0 aliphatic heterocycles. The van der Waals surface area contributed by atoms with Crippen molar-refractivity contribution in [2.45, 2.75) is 65.0 Å². The van der Waals surface area contributed by atoms with Gasteiger partial charge in [0.2, 0.25) is 6.33 Å². The molecular weight excluding hydrogens is 300 g/mol. The summed E-state index contributed by atoms with van der Waals surface area (Å²) in [6.45, 7) is 3.70. The Hall–Kier alpha value is -1.55. The van der Waals surface area contributed by atoms with E-state index in [2.05, 4.69) is 41.6 Å². The van der Waals surface area contributed by atoms with Crippen LogP contribution in [0.15, 0.2) is 24.5 Å². The SMILES string of the molecule is CCCCCCCCCCOCn1c[n+](C)c2ccc(OC)cc21. The van der Waals surface area contributed by atoms with Crippen molar-refractivity contribution in [3.8, 4) is 5.75 Å². The summed E-state index contributed by atoms with van der Waals surface area (Å²) in [4.78, 5) is 0. The minimum Gasteiger partial charge on any atom is -0.497 e. The highest BCUT2D eigenvalue weighted by Crippen LogP contribution is 2.18. The smallest absolute Gasteiger partial charge is 0.246 e. The maximum absolute atomic E-state index is 5.87. The molecule has 2 rings (SSSR count). The predicted molar refractivity (Wildman–Crippen MR) is 98.2 cm³/mol. The molecule has 0 aliphatic rings. The van der Waals surface area contributed by atoms with Crippen molar-refractivity contribution >= 4 is 11.0 Å². The number of hydrogen-bond donors (Lipinski definition) is 0. The molecule has 4 heteroatoms. The fourth-order valence-electron chi connectivity index (χ4n) is 3.10. The van der Waals surface area contributed by atoms with E-state index in [4.69, 9.17) is 9.47 Å². The number of aryl methyl sites for hydroxylation is 1. The first-order chi connectivity index (χ1) is 11.8. The number of unbranched alkanes of at least 4 members (excludes halogenated alkanes) is 7. The van der Waals surface area contributed by atoms with Gasteiger partial charge in [-0.2, -0.15) is 0 Å². The lowest BCUT2D eigenvalue weighted by molar-refractivity contribution is -0.646. The van der Waals surface area contributed by atoms with Gasteiger partial charge in [0.05, 0.1) is 20.8 Å². The summed E-state index contributed by atoms with van der Waals surface area (Å²) in [6.07, 6.45) is 12.7. The summed E-state index contributed by atoms with van der Waals surface area (Å²) in [5.74, 6) is 0.880. The Bertz CT molecular complexity index is 607. The van der Waals surface area contributed by atoms with Gasteiger partial charge in [-0.3, -0.25) is 0 Å². The summed E-state index contributed by atoms with van der Waals surface area (Å²) in [5, 5.41) is 0. The minimum absolute atomic E-state index is 0.598. The van der Waals surface area contributed by atoms with Gasteiger partial charge in [-0.25, -0.2) is 9.13 Å². The summed E-state index contributed by atoms with van der Waals surface area (Å²) in [7, 11) is 3.76. The molecule has 0 bridgehead atoms. The topological polar surface area (TPSA) is 27.3 Å². The molecule has 2 aromatic rings. The number of ether oxygens (including phenoxy) is 2. The number of fused-ring (bicyclic) bond motifs is 1. The maximum atomic E-state index is 5.87. The highest BCUT2D eigenvalue weighted by Gasteiger charge is 2.13. The molecule has 0 fully saturated rings. The van der Waals surface area contributed by atoms with Crippen LogP contribution in [0.5, 0.6) is 5.75 Å². The molecule has 134 valence electrons. The number of hydrogen-bond acceptors (Lipinski definition) is 2. The van der Waals surface area contributed by atoms with Crippen LogP contribution in [0.2, 0.25) is 0 Å². The fourth-order valence-corrected chi connectivity index (χ4v) is 3.10. The summed E-state index contributed by atoms with van der Waals surface area (Å²) in [5.41, 5.74) is 2.33. The van der Waals surface area contributed by atoms with Crippen molar-refractivity contribution in [1.29, 1.82) is 0 Å². The molecule has 0 spiro atoms. The van der Waals surface area contributed by atoms with E-state index in [0.717, 1.165) is 24.3 Å². The Kier molecular flexibility index (Phi) is 8.10. The molecule has 0 aliphatic carbocycles. The largest absolute Gasteiger partial charge is 0.497 e. The van der Waals surface area contributed by atoms with Crippen molar-refractivity contribution in [2.75, 3.05) is 13.7 Å². The van der Waals surface area contributed by atoms with Crippen LogP contribution < -0.4 is 9.30 Å². The van der Waals surface area contributed by atoms with Crippen molar-refractivity contribution < 1.29 is 14.0 Å². The van der Waals surface area contributed by atoms with Crippen LogP contribution in [0, 0.1) is 0 Å². The van der Waals surface area contributed by atoms with E-state index < -0.39 is 0 Å². The third kappa shape index (κ3) is 5.52. The third-order valence-electron chi connectivity index (χ3n) is 4.56. The summed E-state index contributed by atoms with van der Waals surface area (Å²) >= 11 is 0. The first-order valence-electron chi connectivity index (χ1n) is 9.36. The molecule has 1 aromatic heterocycles. The number of benzene rings is 1. The lowest BCUT2D eigenvalue weighted by Gasteiger charge is -2.03. The van der Waals surface area contributed by atoms with E-state index >= 15 is 0 Å². The van der Waals surface area contributed by atoms with Gasteiger partial charge in [0, 0.05) is 6.07 Å². The second-order valence-corrected chi connectivity index (χ2v) is 6.56. The highest BCUT2D eigenvalue weighted by molar-refractivity contribution is 5.73. The normalized spacial score (nSPS) is 11.3. The van der Waals surface area contributed by atoms with Crippen LogP contribution in [0.25, 0.3) is 11.0 Å². The van der Waals surface area contributed by atoms with Gasteiger partial charge < -0.3 is 9.47 Å². The van der Waals surface area contributed by atoms with Gasteiger partial charge in [-0.1, -0.05) is 51.9 Å². The van der Waals surface area contributed by atoms with Gasteiger partial charge >= 0.3 is 0 Å². The molecule has 0 unspecified atom stereocenters. The molecule has 0 radical (unpaired) electrons. The van der Waals surface area contributed by atoms with Crippen molar-refractivity contribution in [2.24, 2.45) is 7.05 Å². The van der Waals surface area contributed by atoms with Crippen LogP contribution in [-0.2, 0) is 18.5 Å². The number of nitrogens with zero attached hydrogens (tertiary/aromatic N) is 2. The molecule has 4 nitrogen and oxygen atoms in total. The predicted octanol–water partition coefficient (Wildman–Crippen LogP) is 4.59. The molecule has 0 atom stereocenters. The molecule has 0 N–H and O–H groups in total. The monoisotopic (exact) mass is 333 g/mol. The first-order valence-corrected chi connectivity index (χ1v) is 9.36. The zero-order chi connectivity index (χ0) is 17.2. The van der Waals surface area contributed by atoms with Crippen LogP contribution >= 0.6 is 0 Å². The number of methoxy groups -OCH3 is 1. The molecule has 1 heterocycles. The van der Waals surface area contributed by atoms with Crippen molar-refractivity contribution in [3.05, 3.63) is 24.5 Å². The van der Waals surface area contributed by atoms with E-state index in [0.29, 0.717) is 6.73 Å². The van der Waals surface area contributed by atoms with E-state index in [1.807, 2.05) is 6.07 Å². The van der Waals surface area contributed by atoms with Crippen LogP contribution in [0.3, 0.4) is 0 Å². The average molecular weight is 333 g/mol. The first kappa shape index (κ1) is 18.8. The molecular formula is C20H33N2O2+. The Labute approximate surface area is 146 Å². The lowest BCUT2D eigenvalue weighted by atomic mass is 10.1. The maximum Gasteiger partial charge on any atom is 0.246 e. The molecule has 0 amide bonds. The van der Waals surface area contributed by atoms with E-state index in [-0.39, 0.29) is 0 Å². The Balaban J connectivity index is 1.68. The second-order valence-electron chi connectivity index (χ2n) is 6.56. The Morgan fingerprint density at radius 3 is 2.42 bits per heavy atom. The fraction of sp³-hybridized carbons (Fsp3) is 0.650. The van der Waals surface area contributed by atoms with E-state index in [1.165, 1.54) is 50.5 Å². The second kappa shape index (κ2) is 10.3. The average Bonchev–Trinajstić information content (AvgIpc) is 2.92.